The zero-order valence-corrected chi connectivity index (χ0v) is 13.1. The highest BCUT2D eigenvalue weighted by Crippen LogP contribution is 2.28. The number of halogens is 1. The molecule has 0 aliphatic heterocycles. The standard InChI is InChI=1S/C12H13ClN2O3S2/c1-2-20(16,17)8-7-19-12-15-14-11(18-12)9-5-3-4-6-10(9)13/h3-6H,2,7-8H2,1H3. The molecule has 0 fully saturated rings. The first-order valence-corrected chi connectivity index (χ1v) is 9.12. The molecular weight excluding hydrogens is 320 g/mol. The Hall–Kier alpha value is -1.05. The Balaban J connectivity index is 2.02. The van der Waals surface area contributed by atoms with Crippen molar-refractivity contribution in [3.63, 3.8) is 0 Å². The summed E-state index contributed by atoms with van der Waals surface area (Å²) in [6.45, 7) is 1.63. The zero-order valence-electron chi connectivity index (χ0n) is 10.7. The van der Waals surface area contributed by atoms with Crippen molar-refractivity contribution >= 4 is 33.2 Å². The minimum atomic E-state index is -2.97. The molecule has 0 unspecified atom stereocenters. The SMILES string of the molecule is CCS(=O)(=O)CCSc1nnc(-c2ccccc2Cl)o1. The van der Waals surface area contributed by atoms with Gasteiger partial charge >= 0.3 is 0 Å². The average Bonchev–Trinajstić information content (AvgIpc) is 2.88. The van der Waals surface area contributed by atoms with Crippen LogP contribution >= 0.6 is 23.4 Å². The van der Waals surface area contributed by atoms with Crippen LogP contribution in [0.4, 0.5) is 0 Å². The van der Waals surface area contributed by atoms with Crippen molar-refractivity contribution in [1.82, 2.24) is 10.2 Å². The molecule has 0 N–H and O–H groups in total. The lowest BCUT2D eigenvalue weighted by molar-refractivity contribution is 0.466. The third kappa shape index (κ3) is 3.97. The van der Waals surface area contributed by atoms with Gasteiger partial charge in [0.05, 0.1) is 16.3 Å². The van der Waals surface area contributed by atoms with Gasteiger partial charge in [-0.1, -0.05) is 42.4 Å². The van der Waals surface area contributed by atoms with Crippen LogP contribution in [-0.2, 0) is 9.84 Å². The molecule has 0 aliphatic carbocycles. The van der Waals surface area contributed by atoms with Crippen molar-refractivity contribution in [3.8, 4) is 11.5 Å². The third-order valence-corrected chi connectivity index (χ3v) is 5.68. The molecule has 2 rings (SSSR count). The summed E-state index contributed by atoms with van der Waals surface area (Å²) in [5.74, 6) is 0.956. The first-order valence-electron chi connectivity index (χ1n) is 5.93. The van der Waals surface area contributed by atoms with Gasteiger partial charge in [-0.05, 0) is 12.1 Å². The second kappa shape index (κ2) is 6.60. The molecule has 0 radical (unpaired) electrons. The molecular formula is C12H13ClN2O3S2. The van der Waals surface area contributed by atoms with Gasteiger partial charge in [-0.15, -0.1) is 10.2 Å². The number of thioether (sulfide) groups is 1. The molecule has 0 aliphatic rings. The smallest absolute Gasteiger partial charge is 0.276 e. The second-order valence-corrected chi connectivity index (χ2v) is 7.86. The van der Waals surface area contributed by atoms with Crippen LogP contribution in [0, 0.1) is 0 Å². The van der Waals surface area contributed by atoms with Gasteiger partial charge in [0.2, 0.25) is 5.89 Å². The van der Waals surface area contributed by atoms with Crippen molar-refractivity contribution in [2.45, 2.75) is 12.1 Å². The van der Waals surface area contributed by atoms with Crippen LogP contribution in [0.3, 0.4) is 0 Å². The van der Waals surface area contributed by atoms with Gasteiger partial charge in [0.1, 0.15) is 0 Å². The Kier molecular flexibility index (Phi) is 5.06. The van der Waals surface area contributed by atoms with E-state index in [0.29, 0.717) is 27.5 Å². The van der Waals surface area contributed by atoms with E-state index in [1.165, 1.54) is 11.8 Å². The van der Waals surface area contributed by atoms with Crippen LogP contribution in [0.15, 0.2) is 33.9 Å². The number of benzene rings is 1. The lowest BCUT2D eigenvalue weighted by atomic mass is 10.2. The maximum absolute atomic E-state index is 11.4. The quantitative estimate of drug-likeness (QED) is 0.757. The van der Waals surface area contributed by atoms with E-state index >= 15 is 0 Å². The van der Waals surface area contributed by atoms with Crippen molar-refractivity contribution < 1.29 is 12.8 Å². The van der Waals surface area contributed by atoms with Gasteiger partial charge in [-0.2, -0.15) is 0 Å². The molecule has 0 saturated heterocycles. The highest BCUT2D eigenvalue weighted by atomic mass is 35.5. The molecule has 0 atom stereocenters. The minimum absolute atomic E-state index is 0.0952. The average molecular weight is 333 g/mol. The fourth-order valence-electron chi connectivity index (χ4n) is 1.41. The molecule has 20 heavy (non-hydrogen) atoms. The monoisotopic (exact) mass is 332 g/mol. The van der Waals surface area contributed by atoms with E-state index in [1.807, 2.05) is 12.1 Å². The number of hydrogen-bond donors (Lipinski definition) is 0. The Labute approximate surface area is 126 Å². The van der Waals surface area contributed by atoms with Crippen LogP contribution in [0.2, 0.25) is 5.02 Å². The Morgan fingerprint density at radius 3 is 2.75 bits per heavy atom. The first-order chi connectivity index (χ1) is 9.52. The van der Waals surface area contributed by atoms with Gasteiger partial charge in [0.25, 0.3) is 5.22 Å². The lowest BCUT2D eigenvalue weighted by Crippen LogP contribution is -2.10. The molecule has 5 nitrogen and oxygen atoms in total. The van der Waals surface area contributed by atoms with Crippen LogP contribution in [0.1, 0.15) is 6.92 Å². The largest absolute Gasteiger partial charge is 0.411 e. The maximum atomic E-state index is 11.4. The molecule has 8 heteroatoms. The van der Waals surface area contributed by atoms with Crippen LogP contribution in [0.5, 0.6) is 0 Å². The van der Waals surface area contributed by atoms with Gasteiger partial charge in [-0.3, -0.25) is 0 Å². The summed E-state index contributed by atoms with van der Waals surface area (Å²) >= 11 is 7.26. The molecule has 0 spiro atoms. The summed E-state index contributed by atoms with van der Waals surface area (Å²) in [7, 11) is -2.97. The summed E-state index contributed by atoms with van der Waals surface area (Å²) in [4.78, 5) is 0. The summed E-state index contributed by atoms with van der Waals surface area (Å²) in [6, 6.07) is 7.16. The van der Waals surface area contributed by atoms with Crippen LogP contribution in [0.25, 0.3) is 11.5 Å². The minimum Gasteiger partial charge on any atom is -0.411 e. The van der Waals surface area contributed by atoms with Gasteiger partial charge in [-0.25, -0.2) is 8.42 Å². The van der Waals surface area contributed by atoms with Crippen molar-refractivity contribution in [3.05, 3.63) is 29.3 Å². The van der Waals surface area contributed by atoms with Crippen LogP contribution in [-0.4, -0.2) is 35.9 Å². The molecule has 0 bridgehead atoms. The van der Waals surface area contributed by atoms with Crippen LogP contribution < -0.4 is 0 Å². The Morgan fingerprint density at radius 2 is 2.05 bits per heavy atom. The van der Waals surface area contributed by atoms with Crippen molar-refractivity contribution in [1.29, 1.82) is 0 Å². The maximum Gasteiger partial charge on any atom is 0.276 e. The number of nitrogens with zero attached hydrogens (tertiary/aromatic N) is 2. The van der Waals surface area contributed by atoms with Crippen molar-refractivity contribution in [2.24, 2.45) is 0 Å². The van der Waals surface area contributed by atoms with E-state index in [0.717, 1.165) is 0 Å². The summed E-state index contributed by atoms with van der Waals surface area (Å²) in [6.07, 6.45) is 0. The normalized spacial score (nSPS) is 11.7. The van der Waals surface area contributed by atoms with Gasteiger partial charge in [0, 0.05) is 11.5 Å². The molecule has 1 aromatic carbocycles. The van der Waals surface area contributed by atoms with E-state index in [4.69, 9.17) is 16.0 Å². The van der Waals surface area contributed by atoms with E-state index in [-0.39, 0.29) is 11.5 Å². The lowest BCUT2D eigenvalue weighted by Gasteiger charge is -1.98. The molecule has 1 heterocycles. The Morgan fingerprint density at radius 1 is 1.30 bits per heavy atom. The topological polar surface area (TPSA) is 73.1 Å². The first kappa shape index (κ1) is 15.3. The second-order valence-electron chi connectivity index (χ2n) is 3.94. The number of aromatic nitrogens is 2. The van der Waals surface area contributed by atoms with E-state index < -0.39 is 9.84 Å². The Bertz CT molecular complexity index is 686. The zero-order chi connectivity index (χ0) is 14.6. The number of hydrogen-bond acceptors (Lipinski definition) is 6. The molecule has 2 aromatic rings. The molecule has 0 saturated carbocycles. The molecule has 1 aromatic heterocycles. The summed E-state index contributed by atoms with van der Waals surface area (Å²) < 4.78 is 28.2. The highest BCUT2D eigenvalue weighted by molar-refractivity contribution is 8.00. The van der Waals surface area contributed by atoms with Gasteiger partial charge in [0.15, 0.2) is 9.84 Å². The predicted octanol–water partition coefficient (Wildman–Crippen LogP) is 2.92. The fourth-order valence-corrected chi connectivity index (χ4v) is 3.68. The molecule has 0 amide bonds. The van der Waals surface area contributed by atoms with E-state index in [2.05, 4.69) is 10.2 Å². The summed E-state index contributed by atoms with van der Waals surface area (Å²) in [5.41, 5.74) is 0.662. The third-order valence-electron chi connectivity index (χ3n) is 2.57. The highest BCUT2D eigenvalue weighted by Gasteiger charge is 2.13. The number of rotatable bonds is 6. The number of sulfone groups is 1. The fraction of sp³-hybridized carbons (Fsp3) is 0.333. The molecule has 108 valence electrons. The van der Waals surface area contributed by atoms with Crippen molar-refractivity contribution in [2.75, 3.05) is 17.3 Å². The van der Waals surface area contributed by atoms with E-state index in [9.17, 15) is 8.42 Å². The predicted molar refractivity (Wildman–Crippen MR) is 79.8 cm³/mol. The van der Waals surface area contributed by atoms with Gasteiger partial charge < -0.3 is 4.42 Å². The van der Waals surface area contributed by atoms with E-state index in [1.54, 1.807) is 19.1 Å². The summed E-state index contributed by atoms with van der Waals surface area (Å²) in [5, 5.41) is 8.65.